The van der Waals surface area contributed by atoms with Crippen LogP contribution in [-0.4, -0.2) is 29.0 Å². The number of amides is 1. The van der Waals surface area contributed by atoms with Crippen molar-refractivity contribution in [3.05, 3.63) is 87.3 Å². The molecule has 0 bridgehead atoms. The predicted molar refractivity (Wildman–Crippen MR) is 107 cm³/mol. The number of nitrogens with zero attached hydrogens (tertiary/aromatic N) is 4. The SMILES string of the molecule is COc1ccc(/C=N/NC(=O)c2nn(-c3ccccc3)c(=O)c(C#N)c2C)cc1. The van der Waals surface area contributed by atoms with Gasteiger partial charge in [-0.3, -0.25) is 9.59 Å². The Hall–Kier alpha value is -4.25. The molecule has 0 fully saturated rings. The molecule has 1 heterocycles. The number of hydrazone groups is 1. The molecule has 0 radical (unpaired) electrons. The zero-order valence-electron chi connectivity index (χ0n) is 15.8. The highest BCUT2D eigenvalue weighted by Gasteiger charge is 2.19. The minimum absolute atomic E-state index is 0.0584. The van der Waals surface area contributed by atoms with E-state index < -0.39 is 11.5 Å². The summed E-state index contributed by atoms with van der Waals surface area (Å²) in [6.07, 6.45) is 1.46. The molecule has 0 aliphatic heterocycles. The Labute approximate surface area is 166 Å². The average Bonchev–Trinajstić information content (AvgIpc) is 2.75. The number of aromatic nitrogens is 2. The van der Waals surface area contributed by atoms with E-state index in [4.69, 9.17) is 4.74 Å². The molecule has 3 aromatic rings. The van der Waals surface area contributed by atoms with Crippen LogP contribution in [-0.2, 0) is 0 Å². The van der Waals surface area contributed by atoms with Gasteiger partial charge in [0.05, 0.1) is 19.0 Å². The van der Waals surface area contributed by atoms with E-state index in [1.807, 2.05) is 6.07 Å². The number of ether oxygens (including phenoxy) is 1. The smallest absolute Gasteiger partial charge is 0.292 e. The van der Waals surface area contributed by atoms with E-state index in [1.54, 1.807) is 61.7 Å². The lowest BCUT2D eigenvalue weighted by Crippen LogP contribution is -2.31. The summed E-state index contributed by atoms with van der Waals surface area (Å²) in [7, 11) is 1.57. The molecular weight excluding hydrogens is 370 g/mol. The Morgan fingerprint density at radius 3 is 2.52 bits per heavy atom. The van der Waals surface area contributed by atoms with Gasteiger partial charge in [-0.05, 0) is 48.9 Å². The van der Waals surface area contributed by atoms with Gasteiger partial charge < -0.3 is 4.74 Å². The van der Waals surface area contributed by atoms with Crippen LogP contribution in [0.15, 0.2) is 64.5 Å². The number of hydrogen-bond donors (Lipinski definition) is 1. The molecule has 0 atom stereocenters. The molecule has 0 saturated carbocycles. The van der Waals surface area contributed by atoms with Crippen molar-refractivity contribution in [3.63, 3.8) is 0 Å². The normalized spacial score (nSPS) is 10.5. The van der Waals surface area contributed by atoms with Crippen LogP contribution >= 0.6 is 0 Å². The van der Waals surface area contributed by atoms with E-state index in [9.17, 15) is 14.9 Å². The van der Waals surface area contributed by atoms with Crippen molar-refractivity contribution in [2.24, 2.45) is 5.10 Å². The molecule has 0 aliphatic rings. The number of methoxy groups -OCH3 is 1. The zero-order valence-corrected chi connectivity index (χ0v) is 15.8. The molecule has 2 aromatic carbocycles. The van der Waals surface area contributed by atoms with Gasteiger partial charge in [0.25, 0.3) is 11.5 Å². The maximum atomic E-state index is 12.6. The van der Waals surface area contributed by atoms with Gasteiger partial charge in [-0.15, -0.1) is 0 Å². The van der Waals surface area contributed by atoms with Gasteiger partial charge in [0.15, 0.2) is 5.69 Å². The largest absolute Gasteiger partial charge is 0.497 e. The maximum absolute atomic E-state index is 12.6. The highest BCUT2D eigenvalue weighted by atomic mass is 16.5. The van der Waals surface area contributed by atoms with Crippen LogP contribution in [0.25, 0.3) is 5.69 Å². The molecule has 1 aromatic heterocycles. The summed E-state index contributed by atoms with van der Waals surface area (Å²) in [4.78, 5) is 25.1. The van der Waals surface area contributed by atoms with E-state index >= 15 is 0 Å². The lowest BCUT2D eigenvalue weighted by atomic mass is 10.1. The number of benzene rings is 2. The molecule has 3 rings (SSSR count). The monoisotopic (exact) mass is 387 g/mol. The van der Waals surface area contributed by atoms with Crippen LogP contribution in [0.1, 0.15) is 27.2 Å². The summed E-state index contributed by atoms with van der Waals surface area (Å²) in [5.41, 5.74) is 2.98. The molecule has 0 aliphatic carbocycles. The van der Waals surface area contributed by atoms with Crippen molar-refractivity contribution in [1.29, 1.82) is 5.26 Å². The van der Waals surface area contributed by atoms with Gasteiger partial charge >= 0.3 is 0 Å². The Morgan fingerprint density at radius 2 is 1.90 bits per heavy atom. The number of nitriles is 1. The highest BCUT2D eigenvalue weighted by molar-refractivity contribution is 5.94. The van der Waals surface area contributed by atoms with Crippen LogP contribution in [0.2, 0.25) is 0 Å². The van der Waals surface area contributed by atoms with Crippen LogP contribution in [0.3, 0.4) is 0 Å². The standard InChI is InChI=1S/C21H17N5O3/c1-14-18(12-22)21(28)26(16-6-4-3-5-7-16)25-19(14)20(27)24-23-13-15-8-10-17(29-2)11-9-15/h3-11,13H,1-2H3,(H,24,27)/b23-13+. The first kappa shape index (κ1) is 19.5. The lowest BCUT2D eigenvalue weighted by molar-refractivity contribution is 0.0947. The van der Waals surface area contributed by atoms with E-state index in [1.165, 1.54) is 13.1 Å². The second-order valence-electron chi connectivity index (χ2n) is 5.99. The molecule has 1 amide bonds. The number of rotatable bonds is 5. The topological polar surface area (TPSA) is 109 Å². The van der Waals surface area contributed by atoms with Crippen LogP contribution in [0.5, 0.6) is 5.75 Å². The maximum Gasteiger partial charge on any atom is 0.292 e. The molecule has 0 spiro atoms. The van der Waals surface area contributed by atoms with Crippen molar-refractivity contribution in [1.82, 2.24) is 15.2 Å². The predicted octanol–water partition coefficient (Wildman–Crippen LogP) is 2.19. The van der Waals surface area contributed by atoms with Crippen molar-refractivity contribution >= 4 is 12.1 Å². The van der Waals surface area contributed by atoms with E-state index in [-0.39, 0.29) is 16.8 Å². The third-order valence-corrected chi connectivity index (χ3v) is 4.16. The van der Waals surface area contributed by atoms with Crippen molar-refractivity contribution in [3.8, 4) is 17.5 Å². The second-order valence-corrected chi connectivity index (χ2v) is 5.99. The van der Waals surface area contributed by atoms with Crippen LogP contribution in [0, 0.1) is 18.3 Å². The highest BCUT2D eigenvalue weighted by Crippen LogP contribution is 2.11. The molecule has 144 valence electrons. The fourth-order valence-electron chi connectivity index (χ4n) is 2.61. The Morgan fingerprint density at radius 1 is 1.21 bits per heavy atom. The van der Waals surface area contributed by atoms with E-state index in [2.05, 4.69) is 15.6 Å². The molecule has 29 heavy (non-hydrogen) atoms. The lowest BCUT2D eigenvalue weighted by Gasteiger charge is -2.10. The quantitative estimate of drug-likeness (QED) is 0.533. The summed E-state index contributed by atoms with van der Waals surface area (Å²) in [6.45, 7) is 1.50. The molecule has 0 unspecified atom stereocenters. The van der Waals surface area contributed by atoms with Gasteiger partial charge in [-0.25, -0.2) is 5.43 Å². The van der Waals surface area contributed by atoms with Crippen molar-refractivity contribution in [2.45, 2.75) is 6.92 Å². The molecule has 1 N–H and O–H groups in total. The number of nitrogens with one attached hydrogen (secondary N) is 1. The van der Waals surface area contributed by atoms with Crippen molar-refractivity contribution < 1.29 is 9.53 Å². The number of hydrogen-bond acceptors (Lipinski definition) is 6. The van der Waals surface area contributed by atoms with E-state index in [0.717, 1.165) is 10.2 Å². The molecule has 0 saturated heterocycles. The van der Waals surface area contributed by atoms with Gasteiger partial charge in [0.2, 0.25) is 0 Å². The van der Waals surface area contributed by atoms with E-state index in [0.29, 0.717) is 11.4 Å². The fourth-order valence-corrected chi connectivity index (χ4v) is 2.61. The summed E-state index contributed by atoms with van der Waals surface area (Å²) >= 11 is 0. The van der Waals surface area contributed by atoms with Gasteiger partial charge in [0.1, 0.15) is 17.4 Å². The number of carbonyl (C=O) groups is 1. The summed E-state index contributed by atoms with van der Waals surface area (Å²) in [5, 5.41) is 17.5. The average molecular weight is 387 g/mol. The van der Waals surface area contributed by atoms with Gasteiger partial charge in [0, 0.05) is 5.56 Å². The zero-order chi connectivity index (χ0) is 20.8. The van der Waals surface area contributed by atoms with Gasteiger partial charge in [-0.2, -0.15) is 20.1 Å². The molecular formula is C21H17N5O3. The fraction of sp³-hybridized carbons (Fsp3) is 0.0952. The Bertz CT molecular complexity index is 1160. The minimum Gasteiger partial charge on any atom is -0.497 e. The number of carbonyl (C=O) groups excluding carboxylic acids is 1. The first-order valence-electron chi connectivity index (χ1n) is 8.62. The first-order chi connectivity index (χ1) is 14.0. The summed E-state index contributed by atoms with van der Waals surface area (Å²) in [6, 6.07) is 17.5. The Balaban J connectivity index is 1.91. The molecule has 8 nitrogen and oxygen atoms in total. The second kappa shape index (κ2) is 8.63. The minimum atomic E-state index is -0.631. The summed E-state index contributed by atoms with van der Waals surface area (Å²) in [5.74, 6) is 0.0756. The van der Waals surface area contributed by atoms with Crippen molar-refractivity contribution in [2.75, 3.05) is 7.11 Å². The first-order valence-corrected chi connectivity index (χ1v) is 8.62. The van der Waals surface area contributed by atoms with Crippen LogP contribution in [0.4, 0.5) is 0 Å². The van der Waals surface area contributed by atoms with Gasteiger partial charge in [-0.1, -0.05) is 18.2 Å². The third kappa shape index (κ3) is 4.20. The molecule has 8 heteroatoms. The third-order valence-electron chi connectivity index (χ3n) is 4.16. The number of para-hydroxylation sites is 1. The Kier molecular flexibility index (Phi) is 5.80. The summed E-state index contributed by atoms with van der Waals surface area (Å²) < 4.78 is 6.12. The van der Waals surface area contributed by atoms with Crippen LogP contribution < -0.4 is 15.7 Å².